The van der Waals surface area contributed by atoms with E-state index in [0.29, 0.717) is 17.2 Å². The summed E-state index contributed by atoms with van der Waals surface area (Å²) in [5.41, 5.74) is 1.95. The number of hydrogen-bond donors (Lipinski definition) is 3. The number of fused-ring (bicyclic) bond motifs is 1. The van der Waals surface area contributed by atoms with Crippen LogP contribution in [0.15, 0.2) is 30.6 Å². The number of amides is 1. The van der Waals surface area contributed by atoms with Gasteiger partial charge in [0.15, 0.2) is 0 Å². The van der Waals surface area contributed by atoms with Gasteiger partial charge >= 0.3 is 0 Å². The minimum absolute atomic E-state index is 0.0920. The number of carbonyl (C=O) groups is 1. The van der Waals surface area contributed by atoms with Gasteiger partial charge in [-0.05, 0) is 30.5 Å². The minimum atomic E-state index is -0.204. The lowest BCUT2D eigenvalue weighted by Crippen LogP contribution is -2.26. The third-order valence-electron chi connectivity index (χ3n) is 4.21. The fourth-order valence-corrected chi connectivity index (χ4v) is 3.96. The number of methoxy groups -OCH3 is 1. The van der Waals surface area contributed by atoms with Crippen LogP contribution in [0, 0.1) is 6.92 Å². The summed E-state index contributed by atoms with van der Waals surface area (Å²) in [7, 11) is 1.66. The van der Waals surface area contributed by atoms with Gasteiger partial charge in [-0.15, -0.1) is 11.3 Å². The van der Waals surface area contributed by atoms with Crippen LogP contribution in [0.4, 0.5) is 5.82 Å². The second-order valence-electron chi connectivity index (χ2n) is 5.93. The second kappa shape index (κ2) is 8.79. The molecule has 0 saturated carbocycles. The van der Waals surface area contributed by atoms with E-state index in [2.05, 4.69) is 20.6 Å². The molecule has 0 aliphatic rings. The van der Waals surface area contributed by atoms with Gasteiger partial charge in [0.1, 0.15) is 22.7 Å². The molecule has 0 atom stereocenters. The summed E-state index contributed by atoms with van der Waals surface area (Å²) in [5.74, 6) is 1.37. The molecule has 0 fully saturated rings. The maximum atomic E-state index is 12.3. The number of aliphatic hydroxyl groups is 1. The predicted octanol–water partition coefficient (Wildman–Crippen LogP) is 2.39. The van der Waals surface area contributed by atoms with Crippen molar-refractivity contribution in [3.63, 3.8) is 0 Å². The van der Waals surface area contributed by atoms with Gasteiger partial charge in [-0.25, -0.2) is 9.97 Å². The number of hydrogen-bond acceptors (Lipinski definition) is 7. The molecule has 0 bridgehead atoms. The Morgan fingerprint density at radius 2 is 2.07 bits per heavy atom. The average molecular weight is 386 g/mol. The van der Waals surface area contributed by atoms with Gasteiger partial charge in [-0.3, -0.25) is 4.79 Å². The van der Waals surface area contributed by atoms with Crippen LogP contribution in [0.5, 0.6) is 5.75 Å². The molecule has 3 aromatic rings. The maximum Gasteiger partial charge on any atom is 0.261 e. The number of carbonyl (C=O) groups excluding carboxylic acids is 1. The van der Waals surface area contributed by atoms with Crippen LogP contribution < -0.4 is 15.4 Å². The summed E-state index contributed by atoms with van der Waals surface area (Å²) in [6.45, 7) is 2.70. The Morgan fingerprint density at radius 3 is 2.85 bits per heavy atom. The Morgan fingerprint density at radius 1 is 1.26 bits per heavy atom. The van der Waals surface area contributed by atoms with E-state index >= 15 is 0 Å². The standard InChI is InChI=1S/C19H22N4O3S/c1-12-15-17(20-8-7-13-5-3-4-6-14(13)26-2)22-11-23-19(15)27-16(12)18(25)21-9-10-24/h3-6,11,24H,7-10H2,1-2H3,(H,21,25)(H,20,22,23). The molecule has 2 aromatic heterocycles. The largest absolute Gasteiger partial charge is 0.496 e. The van der Waals surface area contributed by atoms with Crippen LogP contribution in [0.25, 0.3) is 10.2 Å². The fraction of sp³-hybridized carbons (Fsp3) is 0.316. The van der Waals surface area contributed by atoms with Crippen molar-refractivity contribution in [3.8, 4) is 5.75 Å². The number of rotatable bonds is 8. The van der Waals surface area contributed by atoms with Crippen molar-refractivity contribution in [2.45, 2.75) is 13.3 Å². The fourth-order valence-electron chi connectivity index (χ4n) is 2.90. The molecular weight excluding hydrogens is 364 g/mol. The number of aryl methyl sites for hydroxylation is 1. The first-order valence-corrected chi connectivity index (χ1v) is 9.46. The van der Waals surface area contributed by atoms with E-state index in [1.54, 1.807) is 7.11 Å². The number of anilines is 1. The van der Waals surface area contributed by atoms with Crippen molar-refractivity contribution < 1.29 is 14.6 Å². The van der Waals surface area contributed by atoms with Gasteiger partial charge in [0.2, 0.25) is 0 Å². The summed E-state index contributed by atoms with van der Waals surface area (Å²) in [6.07, 6.45) is 2.28. The number of para-hydroxylation sites is 1. The average Bonchev–Trinajstić information content (AvgIpc) is 3.04. The molecule has 7 nitrogen and oxygen atoms in total. The van der Waals surface area contributed by atoms with Gasteiger partial charge in [-0.2, -0.15) is 0 Å². The number of nitrogens with zero attached hydrogens (tertiary/aromatic N) is 2. The van der Waals surface area contributed by atoms with Crippen LogP contribution in [0.2, 0.25) is 0 Å². The molecule has 1 amide bonds. The lowest BCUT2D eigenvalue weighted by atomic mass is 10.1. The molecule has 0 spiro atoms. The second-order valence-corrected chi connectivity index (χ2v) is 6.93. The monoisotopic (exact) mass is 386 g/mol. The van der Waals surface area contributed by atoms with E-state index < -0.39 is 0 Å². The summed E-state index contributed by atoms with van der Waals surface area (Å²) in [6, 6.07) is 7.91. The van der Waals surface area contributed by atoms with Crippen LogP contribution in [-0.4, -0.2) is 47.8 Å². The molecule has 2 heterocycles. The van der Waals surface area contributed by atoms with E-state index in [0.717, 1.165) is 33.5 Å². The maximum absolute atomic E-state index is 12.3. The van der Waals surface area contributed by atoms with E-state index in [4.69, 9.17) is 9.84 Å². The highest BCUT2D eigenvalue weighted by molar-refractivity contribution is 7.20. The molecular formula is C19H22N4O3S. The van der Waals surface area contributed by atoms with Crippen molar-refractivity contribution in [1.29, 1.82) is 0 Å². The molecule has 3 rings (SSSR count). The normalized spacial score (nSPS) is 10.8. The van der Waals surface area contributed by atoms with Gasteiger partial charge in [0, 0.05) is 13.1 Å². The smallest absolute Gasteiger partial charge is 0.261 e. The molecule has 27 heavy (non-hydrogen) atoms. The molecule has 1 aromatic carbocycles. The molecule has 0 aliphatic heterocycles. The lowest BCUT2D eigenvalue weighted by Gasteiger charge is -2.10. The molecule has 3 N–H and O–H groups in total. The van der Waals surface area contributed by atoms with Crippen LogP contribution >= 0.6 is 11.3 Å². The highest BCUT2D eigenvalue weighted by atomic mass is 32.1. The number of aromatic nitrogens is 2. The zero-order chi connectivity index (χ0) is 19.2. The van der Waals surface area contributed by atoms with Crippen molar-refractivity contribution >= 4 is 33.3 Å². The lowest BCUT2D eigenvalue weighted by molar-refractivity contribution is 0.0948. The zero-order valence-electron chi connectivity index (χ0n) is 15.3. The van der Waals surface area contributed by atoms with Gasteiger partial charge in [0.05, 0.1) is 24.0 Å². The number of aliphatic hydroxyl groups excluding tert-OH is 1. The Labute approximate surface area is 161 Å². The van der Waals surface area contributed by atoms with E-state index in [9.17, 15) is 4.79 Å². The van der Waals surface area contributed by atoms with E-state index in [-0.39, 0.29) is 19.1 Å². The van der Waals surface area contributed by atoms with Crippen molar-refractivity contribution in [2.75, 3.05) is 32.1 Å². The number of ether oxygens (including phenoxy) is 1. The molecule has 0 unspecified atom stereocenters. The van der Waals surface area contributed by atoms with Crippen molar-refractivity contribution in [3.05, 3.63) is 46.6 Å². The molecule has 0 saturated heterocycles. The first-order chi connectivity index (χ1) is 13.2. The molecule has 8 heteroatoms. The van der Waals surface area contributed by atoms with Crippen molar-refractivity contribution in [1.82, 2.24) is 15.3 Å². The molecule has 142 valence electrons. The number of nitrogens with one attached hydrogen (secondary N) is 2. The number of benzene rings is 1. The Balaban J connectivity index is 1.78. The minimum Gasteiger partial charge on any atom is -0.496 e. The molecule has 0 radical (unpaired) electrons. The summed E-state index contributed by atoms with van der Waals surface area (Å²) < 4.78 is 5.39. The Kier molecular flexibility index (Phi) is 6.20. The highest BCUT2D eigenvalue weighted by Gasteiger charge is 2.19. The first kappa shape index (κ1) is 19.1. The quantitative estimate of drug-likeness (QED) is 0.550. The van der Waals surface area contributed by atoms with Crippen LogP contribution in [0.3, 0.4) is 0 Å². The number of thiophene rings is 1. The van der Waals surface area contributed by atoms with Gasteiger partial charge < -0.3 is 20.5 Å². The summed E-state index contributed by atoms with van der Waals surface area (Å²) >= 11 is 1.33. The predicted molar refractivity (Wildman–Crippen MR) is 107 cm³/mol. The zero-order valence-corrected chi connectivity index (χ0v) is 16.1. The van der Waals surface area contributed by atoms with E-state index in [1.165, 1.54) is 17.7 Å². The molecule has 0 aliphatic carbocycles. The van der Waals surface area contributed by atoms with Gasteiger partial charge in [0.25, 0.3) is 5.91 Å². The van der Waals surface area contributed by atoms with Crippen LogP contribution in [-0.2, 0) is 6.42 Å². The first-order valence-electron chi connectivity index (χ1n) is 8.64. The SMILES string of the molecule is COc1ccccc1CCNc1ncnc2sc(C(=O)NCCO)c(C)c12. The third kappa shape index (κ3) is 4.17. The summed E-state index contributed by atoms with van der Waals surface area (Å²) in [5, 5.41) is 15.8. The highest BCUT2D eigenvalue weighted by Crippen LogP contribution is 2.33. The Hall–Kier alpha value is -2.71. The summed E-state index contributed by atoms with van der Waals surface area (Å²) in [4.78, 5) is 22.3. The van der Waals surface area contributed by atoms with Crippen molar-refractivity contribution in [2.24, 2.45) is 0 Å². The van der Waals surface area contributed by atoms with Gasteiger partial charge in [-0.1, -0.05) is 18.2 Å². The van der Waals surface area contributed by atoms with Crippen LogP contribution in [0.1, 0.15) is 20.8 Å². The topological polar surface area (TPSA) is 96.4 Å². The third-order valence-corrected chi connectivity index (χ3v) is 5.41. The Bertz CT molecular complexity index is 942. The van der Waals surface area contributed by atoms with E-state index in [1.807, 2.05) is 31.2 Å².